The van der Waals surface area contributed by atoms with E-state index < -0.39 is 5.91 Å². The van der Waals surface area contributed by atoms with E-state index in [1.54, 1.807) is 24.3 Å². The zero-order valence-electron chi connectivity index (χ0n) is 10.5. The van der Waals surface area contributed by atoms with Crippen LogP contribution in [0.25, 0.3) is 0 Å². The van der Waals surface area contributed by atoms with Crippen LogP contribution in [0.1, 0.15) is 30.1 Å². The monoisotopic (exact) mass is 249 g/mol. The molecule has 1 atom stereocenters. The fraction of sp³-hybridized carbons (Fsp3) is 0.385. The van der Waals surface area contributed by atoms with Crippen molar-refractivity contribution < 1.29 is 9.59 Å². The lowest BCUT2D eigenvalue weighted by Crippen LogP contribution is -2.23. The number of primary amides is 1. The molecule has 0 aromatic heterocycles. The molecule has 0 aliphatic heterocycles. The van der Waals surface area contributed by atoms with Gasteiger partial charge >= 0.3 is 0 Å². The third-order valence-electron chi connectivity index (χ3n) is 2.85. The Kier molecular flexibility index (Phi) is 5.32. The lowest BCUT2D eigenvalue weighted by molar-refractivity contribution is -0.117. The zero-order valence-corrected chi connectivity index (χ0v) is 10.5. The van der Waals surface area contributed by atoms with Gasteiger partial charge in [0.05, 0.1) is 11.3 Å². The minimum Gasteiger partial charge on any atom is -0.366 e. The first-order valence-electron chi connectivity index (χ1n) is 5.97. The van der Waals surface area contributed by atoms with Crippen LogP contribution in [0.5, 0.6) is 0 Å². The Balaban J connectivity index is 2.73. The molecule has 1 rings (SSSR count). The number of nitrogens with two attached hydrogens (primary N) is 2. The molecule has 1 aromatic carbocycles. The van der Waals surface area contributed by atoms with E-state index in [1.165, 1.54) is 0 Å². The molecule has 0 bridgehead atoms. The summed E-state index contributed by atoms with van der Waals surface area (Å²) in [6.07, 6.45) is 1.20. The van der Waals surface area contributed by atoms with Gasteiger partial charge in [0, 0.05) is 6.42 Å². The molecular weight excluding hydrogens is 230 g/mol. The average Bonchev–Trinajstić information content (AvgIpc) is 2.36. The average molecular weight is 249 g/mol. The summed E-state index contributed by atoms with van der Waals surface area (Å²) < 4.78 is 0. The number of amides is 2. The predicted molar refractivity (Wildman–Crippen MR) is 71.0 cm³/mol. The molecule has 5 heteroatoms. The van der Waals surface area contributed by atoms with Gasteiger partial charge in [-0.05, 0) is 24.6 Å². The Bertz CT molecular complexity index is 428. The second kappa shape index (κ2) is 6.76. The number of rotatable bonds is 6. The minimum atomic E-state index is -0.559. The molecule has 0 saturated carbocycles. The molecular formula is C13H19N3O2. The van der Waals surface area contributed by atoms with Crippen LogP contribution in [0.4, 0.5) is 5.69 Å². The summed E-state index contributed by atoms with van der Waals surface area (Å²) >= 11 is 0. The Hall–Kier alpha value is -1.88. The van der Waals surface area contributed by atoms with E-state index >= 15 is 0 Å². The lowest BCUT2D eigenvalue weighted by Gasteiger charge is -2.13. The summed E-state index contributed by atoms with van der Waals surface area (Å²) in [5.41, 5.74) is 11.5. The highest BCUT2D eigenvalue weighted by atomic mass is 16.2. The van der Waals surface area contributed by atoms with E-state index in [-0.39, 0.29) is 11.8 Å². The standard InChI is InChI=1S/C13H19N3O2/c1-2-9(8-14)7-12(17)16-11-6-4-3-5-10(11)13(15)18/h3-6,9H,2,7-8,14H2,1H3,(H2,15,18)(H,16,17). The van der Waals surface area contributed by atoms with Crippen molar-refractivity contribution in [2.75, 3.05) is 11.9 Å². The smallest absolute Gasteiger partial charge is 0.250 e. The van der Waals surface area contributed by atoms with Gasteiger partial charge in [-0.25, -0.2) is 0 Å². The molecule has 5 N–H and O–H groups in total. The molecule has 98 valence electrons. The van der Waals surface area contributed by atoms with Crippen molar-refractivity contribution in [3.05, 3.63) is 29.8 Å². The Morgan fingerprint density at radius 1 is 1.33 bits per heavy atom. The number of hydrogen-bond acceptors (Lipinski definition) is 3. The highest BCUT2D eigenvalue weighted by molar-refractivity contribution is 6.02. The molecule has 0 heterocycles. The molecule has 0 aliphatic rings. The van der Waals surface area contributed by atoms with E-state index in [0.29, 0.717) is 24.2 Å². The van der Waals surface area contributed by atoms with Gasteiger partial charge in [-0.3, -0.25) is 9.59 Å². The summed E-state index contributed by atoms with van der Waals surface area (Å²) in [4.78, 5) is 23.0. The highest BCUT2D eigenvalue weighted by Gasteiger charge is 2.13. The summed E-state index contributed by atoms with van der Waals surface area (Å²) in [6.45, 7) is 2.46. The maximum Gasteiger partial charge on any atom is 0.250 e. The Morgan fingerprint density at radius 2 is 2.00 bits per heavy atom. The van der Waals surface area contributed by atoms with Crippen molar-refractivity contribution in [2.24, 2.45) is 17.4 Å². The second-order valence-electron chi connectivity index (χ2n) is 4.17. The first kappa shape index (κ1) is 14.2. The van der Waals surface area contributed by atoms with Crippen molar-refractivity contribution in [2.45, 2.75) is 19.8 Å². The number of hydrogen-bond donors (Lipinski definition) is 3. The van der Waals surface area contributed by atoms with Crippen molar-refractivity contribution in [1.29, 1.82) is 0 Å². The van der Waals surface area contributed by atoms with Gasteiger partial charge < -0.3 is 16.8 Å². The van der Waals surface area contributed by atoms with Crippen molar-refractivity contribution in [1.82, 2.24) is 0 Å². The van der Waals surface area contributed by atoms with Crippen molar-refractivity contribution >= 4 is 17.5 Å². The Morgan fingerprint density at radius 3 is 2.56 bits per heavy atom. The van der Waals surface area contributed by atoms with Crippen LogP contribution in [-0.4, -0.2) is 18.4 Å². The van der Waals surface area contributed by atoms with Gasteiger partial charge in [-0.1, -0.05) is 25.5 Å². The van der Waals surface area contributed by atoms with Gasteiger partial charge in [0.1, 0.15) is 0 Å². The zero-order chi connectivity index (χ0) is 13.5. The van der Waals surface area contributed by atoms with E-state index in [0.717, 1.165) is 6.42 Å². The molecule has 1 unspecified atom stereocenters. The molecule has 18 heavy (non-hydrogen) atoms. The lowest BCUT2D eigenvalue weighted by atomic mass is 10.0. The third-order valence-corrected chi connectivity index (χ3v) is 2.85. The molecule has 0 aliphatic carbocycles. The first-order valence-corrected chi connectivity index (χ1v) is 5.97. The van der Waals surface area contributed by atoms with E-state index in [2.05, 4.69) is 5.32 Å². The van der Waals surface area contributed by atoms with Crippen molar-refractivity contribution in [3.63, 3.8) is 0 Å². The van der Waals surface area contributed by atoms with E-state index in [9.17, 15) is 9.59 Å². The summed E-state index contributed by atoms with van der Waals surface area (Å²) in [6, 6.07) is 6.67. The summed E-state index contributed by atoms with van der Waals surface area (Å²) in [5.74, 6) is -0.552. The number of carbonyl (C=O) groups excluding carboxylic acids is 2. The quantitative estimate of drug-likeness (QED) is 0.704. The van der Waals surface area contributed by atoms with Crippen LogP contribution < -0.4 is 16.8 Å². The van der Waals surface area contributed by atoms with Crippen LogP contribution in [0.2, 0.25) is 0 Å². The third kappa shape index (κ3) is 3.85. The maximum absolute atomic E-state index is 11.8. The highest BCUT2D eigenvalue weighted by Crippen LogP contribution is 2.16. The molecule has 0 radical (unpaired) electrons. The first-order chi connectivity index (χ1) is 8.58. The number of nitrogens with one attached hydrogen (secondary N) is 1. The predicted octanol–water partition coefficient (Wildman–Crippen LogP) is 1.10. The SMILES string of the molecule is CCC(CN)CC(=O)Nc1ccccc1C(N)=O. The largest absolute Gasteiger partial charge is 0.366 e. The molecule has 0 fully saturated rings. The van der Waals surface area contributed by atoms with Crippen LogP contribution >= 0.6 is 0 Å². The fourth-order valence-electron chi connectivity index (χ4n) is 1.66. The summed E-state index contributed by atoms with van der Waals surface area (Å²) in [5, 5.41) is 2.70. The number of anilines is 1. The van der Waals surface area contributed by atoms with Crippen molar-refractivity contribution in [3.8, 4) is 0 Å². The Labute approximate surface area is 107 Å². The molecule has 1 aromatic rings. The molecule has 2 amide bonds. The van der Waals surface area contributed by atoms with Crippen LogP contribution in [-0.2, 0) is 4.79 Å². The normalized spacial score (nSPS) is 11.9. The number of carbonyl (C=O) groups is 2. The summed E-state index contributed by atoms with van der Waals surface area (Å²) in [7, 11) is 0. The second-order valence-corrected chi connectivity index (χ2v) is 4.17. The van der Waals surface area contributed by atoms with Gasteiger partial charge in [-0.2, -0.15) is 0 Å². The van der Waals surface area contributed by atoms with Gasteiger partial charge in [0.2, 0.25) is 5.91 Å². The van der Waals surface area contributed by atoms with Crippen LogP contribution in [0.15, 0.2) is 24.3 Å². The van der Waals surface area contributed by atoms with Gasteiger partial charge in [0.25, 0.3) is 5.91 Å². The number of benzene rings is 1. The van der Waals surface area contributed by atoms with Gasteiger partial charge in [-0.15, -0.1) is 0 Å². The van der Waals surface area contributed by atoms with E-state index in [4.69, 9.17) is 11.5 Å². The molecule has 5 nitrogen and oxygen atoms in total. The molecule has 0 saturated heterocycles. The van der Waals surface area contributed by atoms with Crippen LogP contribution in [0.3, 0.4) is 0 Å². The van der Waals surface area contributed by atoms with Gasteiger partial charge in [0.15, 0.2) is 0 Å². The maximum atomic E-state index is 11.8. The number of para-hydroxylation sites is 1. The minimum absolute atomic E-state index is 0.152. The van der Waals surface area contributed by atoms with Crippen LogP contribution in [0, 0.1) is 5.92 Å². The molecule has 0 spiro atoms. The fourth-order valence-corrected chi connectivity index (χ4v) is 1.66. The topological polar surface area (TPSA) is 98.2 Å². The van der Waals surface area contributed by atoms with E-state index in [1.807, 2.05) is 6.92 Å².